The van der Waals surface area contributed by atoms with E-state index >= 15 is 0 Å². The number of rotatable bonds is 2. The minimum Gasteiger partial charge on any atom is -0.493 e. The van der Waals surface area contributed by atoms with Crippen molar-refractivity contribution in [3.8, 4) is 5.75 Å². The zero-order chi connectivity index (χ0) is 10.8. The van der Waals surface area contributed by atoms with Crippen molar-refractivity contribution < 1.29 is 4.74 Å². The number of hydrogen-bond donors (Lipinski definition) is 1. The summed E-state index contributed by atoms with van der Waals surface area (Å²) in [4.78, 5) is 0. The molecule has 0 saturated heterocycles. The van der Waals surface area contributed by atoms with Gasteiger partial charge in [-0.1, -0.05) is 24.6 Å². The summed E-state index contributed by atoms with van der Waals surface area (Å²) in [7, 11) is 0. The summed E-state index contributed by atoms with van der Waals surface area (Å²) in [5.74, 6) is 2.16. The molecule has 1 aromatic carbocycles. The Morgan fingerprint density at radius 1 is 1.53 bits per heavy atom. The fraction of sp³-hybridized carbons (Fsp3) is 0.538. The van der Waals surface area contributed by atoms with Crippen LogP contribution in [0.25, 0.3) is 0 Å². The lowest BCUT2D eigenvalue weighted by atomic mass is 9.82. The fourth-order valence-corrected chi connectivity index (χ4v) is 2.30. The van der Waals surface area contributed by atoms with Crippen LogP contribution in [0.4, 0.5) is 0 Å². The third kappa shape index (κ3) is 2.00. The van der Waals surface area contributed by atoms with Gasteiger partial charge >= 0.3 is 0 Å². The summed E-state index contributed by atoms with van der Waals surface area (Å²) >= 11 is 0. The van der Waals surface area contributed by atoms with Gasteiger partial charge in [-0.25, -0.2) is 0 Å². The van der Waals surface area contributed by atoms with Crippen molar-refractivity contribution in [3.63, 3.8) is 0 Å². The molecule has 0 amide bonds. The van der Waals surface area contributed by atoms with Crippen molar-refractivity contribution in [1.82, 2.24) is 0 Å². The molecule has 0 spiro atoms. The van der Waals surface area contributed by atoms with Gasteiger partial charge in [0, 0.05) is 0 Å². The van der Waals surface area contributed by atoms with Crippen molar-refractivity contribution in [1.29, 1.82) is 0 Å². The van der Waals surface area contributed by atoms with Gasteiger partial charge in [0.15, 0.2) is 0 Å². The molecule has 0 saturated carbocycles. The lowest BCUT2D eigenvalue weighted by molar-refractivity contribution is 0.244. The lowest BCUT2D eigenvalue weighted by Crippen LogP contribution is -2.24. The number of ether oxygens (including phenoxy) is 1. The van der Waals surface area contributed by atoms with E-state index in [0.29, 0.717) is 11.8 Å². The first-order chi connectivity index (χ1) is 7.22. The molecule has 1 aliphatic heterocycles. The zero-order valence-corrected chi connectivity index (χ0v) is 9.49. The highest BCUT2D eigenvalue weighted by Crippen LogP contribution is 2.38. The molecule has 0 aromatic heterocycles. The van der Waals surface area contributed by atoms with E-state index < -0.39 is 0 Å². The fourth-order valence-electron chi connectivity index (χ4n) is 2.30. The molecule has 15 heavy (non-hydrogen) atoms. The van der Waals surface area contributed by atoms with E-state index in [0.717, 1.165) is 25.3 Å². The molecule has 1 aromatic rings. The summed E-state index contributed by atoms with van der Waals surface area (Å²) in [5, 5.41) is 0. The van der Waals surface area contributed by atoms with Crippen LogP contribution < -0.4 is 10.5 Å². The summed E-state index contributed by atoms with van der Waals surface area (Å²) < 4.78 is 5.66. The van der Waals surface area contributed by atoms with Crippen LogP contribution in [0.2, 0.25) is 0 Å². The van der Waals surface area contributed by atoms with E-state index in [1.54, 1.807) is 0 Å². The first-order valence-corrected chi connectivity index (χ1v) is 5.65. The monoisotopic (exact) mass is 205 g/mol. The van der Waals surface area contributed by atoms with Crippen molar-refractivity contribution in [3.05, 3.63) is 29.3 Å². The zero-order valence-electron chi connectivity index (χ0n) is 9.49. The minimum atomic E-state index is 0.537. The average Bonchev–Trinajstić information content (AvgIpc) is 2.27. The second-order valence-corrected chi connectivity index (χ2v) is 4.50. The van der Waals surface area contributed by atoms with Crippen LogP contribution in [0.5, 0.6) is 5.75 Å². The van der Waals surface area contributed by atoms with Crippen molar-refractivity contribution in [2.45, 2.75) is 26.2 Å². The highest BCUT2D eigenvalue weighted by Gasteiger charge is 2.25. The Kier molecular flexibility index (Phi) is 2.96. The highest BCUT2D eigenvalue weighted by atomic mass is 16.5. The summed E-state index contributed by atoms with van der Waals surface area (Å²) in [5.41, 5.74) is 8.40. The van der Waals surface area contributed by atoms with Crippen LogP contribution in [-0.4, -0.2) is 13.2 Å². The van der Waals surface area contributed by atoms with Crippen molar-refractivity contribution in [2.75, 3.05) is 13.2 Å². The molecule has 2 unspecified atom stereocenters. The molecule has 2 nitrogen and oxygen atoms in total. The number of aryl methyl sites for hydroxylation is 1. The van der Waals surface area contributed by atoms with Gasteiger partial charge < -0.3 is 10.5 Å². The smallest absolute Gasteiger partial charge is 0.122 e. The predicted octanol–water partition coefficient (Wildman–Crippen LogP) is 2.46. The topological polar surface area (TPSA) is 35.2 Å². The van der Waals surface area contributed by atoms with Gasteiger partial charge in [-0.05, 0) is 43.4 Å². The Morgan fingerprint density at radius 2 is 2.33 bits per heavy atom. The molecule has 0 fully saturated rings. The maximum Gasteiger partial charge on any atom is 0.122 e. The van der Waals surface area contributed by atoms with E-state index in [9.17, 15) is 0 Å². The summed E-state index contributed by atoms with van der Waals surface area (Å²) in [6.07, 6.45) is 1.09. The van der Waals surface area contributed by atoms with E-state index in [2.05, 4.69) is 32.0 Å². The molecule has 1 aliphatic rings. The molecule has 0 aliphatic carbocycles. The first-order valence-electron chi connectivity index (χ1n) is 5.65. The Morgan fingerprint density at radius 3 is 3.07 bits per heavy atom. The third-order valence-electron chi connectivity index (χ3n) is 3.31. The number of nitrogens with two attached hydrogens (primary N) is 1. The van der Waals surface area contributed by atoms with Gasteiger partial charge in [0.25, 0.3) is 0 Å². The van der Waals surface area contributed by atoms with Crippen molar-refractivity contribution >= 4 is 0 Å². The van der Waals surface area contributed by atoms with Gasteiger partial charge in [0.1, 0.15) is 5.75 Å². The van der Waals surface area contributed by atoms with E-state index in [-0.39, 0.29) is 0 Å². The Bertz CT molecular complexity index is 348. The van der Waals surface area contributed by atoms with Gasteiger partial charge in [0.05, 0.1) is 6.61 Å². The van der Waals surface area contributed by atoms with Crippen LogP contribution in [0.15, 0.2) is 18.2 Å². The third-order valence-corrected chi connectivity index (χ3v) is 3.31. The maximum absolute atomic E-state index is 5.76. The first kappa shape index (κ1) is 10.5. The molecule has 2 atom stereocenters. The van der Waals surface area contributed by atoms with Crippen molar-refractivity contribution in [2.24, 2.45) is 11.7 Å². The predicted molar refractivity (Wildman–Crippen MR) is 62.3 cm³/mol. The minimum absolute atomic E-state index is 0.537. The van der Waals surface area contributed by atoms with E-state index in [4.69, 9.17) is 10.5 Å². The van der Waals surface area contributed by atoms with Crippen LogP contribution in [-0.2, 0) is 0 Å². The Balaban J connectivity index is 2.36. The molecule has 0 radical (unpaired) electrons. The Hall–Kier alpha value is -1.02. The van der Waals surface area contributed by atoms with Crippen LogP contribution in [0.3, 0.4) is 0 Å². The Labute approximate surface area is 91.4 Å². The normalized spacial score (nSPS) is 21.7. The van der Waals surface area contributed by atoms with Gasteiger partial charge in [-0.3, -0.25) is 0 Å². The van der Waals surface area contributed by atoms with Crippen LogP contribution >= 0.6 is 0 Å². The SMILES string of the molecule is Cc1ccc2c(c1)C(C(C)CN)CCO2. The van der Waals surface area contributed by atoms with E-state index in [1.807, 2.05) is 0 Å². The average molecular weight is 205 g/mol. The molecular formula is C13H19NO. The second-order valence-electron chi connectivity index (χ2n) is 4.50. The summed E-state index contributed by atoms with van der Waals surface area (Å²) in [6.45, 7) is 5.92. The molecule has 0 bridgehead atoms. The lowest BCUT2D eigenvalue weighted by Gasteiger charge is -2.30. The quantitative estimate of drug-likeness (QED) is 0.805. The maximum atomic E-state index is 5.76. The standard InChI is InChI=1S/C13H19NO/c1-9-3-4-13-12(7-9)11(5-6-15-13)10(2)8-14/h3-4,7,10-11H,5-6,8,14H2,1-2H3. The van der Waals surface area contributed by atoms with Gasteiger partial charge in [-0.2, -0.15) is 0 Å². The summed E-state index contributed by atoms with van der Waals surface area (Å²) in [6, 6.07) is 6.43. The number of benzene rings is 1. The highest BCUT2D eigenvalue weighted by molar-refractivity contribution is 5.41. The number of fused-ring (bicyclic) bond motifs is 1. The molecule has 2 heteroatoms. The van der Waals surface area contributed by atoms with Crippen LogP contribution in [0.1, 0.15) is 30.4 Å². The molecule has 2 rings (SSSR count). The number of hydrogen-bond acceptors (Lipinski definition) is 2. The van der Waals surface area contributed by atoms with Crippen LogP contribution in [0, 0.1) is 12.8 Å². The molecular weight excluding hydrogens is 186 g/mol. The second kappa shape index (κ2) is 4.23. The van der Waals surface area contributed by atoms with E-state index in [1.165, 1.54) is 11.1 Å². The molecule has 2 N–H and O–H groups in total. The molecule has 82 valence electrons. The van der Waals surface area contributed by atoms with Gasteiger partial charge in [0.2, 0.25) is 0 Å². The van der Waals surface area contributed by atoms with Gasteiger partial charge in [-0.15, -0.1) is 0 Å². The largest absolute Gasteiger partial charge is 0.493 e. The molecule has 1 heterocycles.